The lowest BCUT2D eigenvalue weighted by atomic mass is 9.99. The first-order valence-electron chi connectivity index (χ1n) is 8.50. The van der Waals surface area contributed by atoms with Gasteiger partial charge in [0.2, 0.25) is 0 Å². The van der Waals surface area contributed by atoms with Gasteiger partial charge < -0.3 is 15.0 Å². The second kappa shape index (κ2) is 7.58. The van der Waals surface area contributed by atoms with Crippen molar-refractivity contribution in [2.24, 2.45) is 0 Å². The van der Waals surface area contributed by atoms with E-state index in [0.29, 0.717) is 5.56 Å². The topological polar surface area (TPSA) is 41.6 Å². The number of amides is 1. The van der Waals surface area contributed by atoms with Crippen LogP contribution in [0.2, 0.25) is 0 Å². The van der Waals surface area contributed by atoms with Gasteiger partial charge in [0.25, 0.3) is 5.91 Å². The number of nitrogens with zero attached hydrogens (tertiary/aromatic N) is 1. The van der Waals surface area contributed by atoms with Gasteiger partial charge in [-0.15, -0.1) is 0 Å². The number of rotatable bonds is 4. The molecule has 25 heavy (non-hydrogen) atoms. The van der Waals surface area contributed by atoms with E-state index in [1.165, 1.54) is 11.1 Å². The molecule has 1 amide bonds. The molecule has 0 atom stereocenters. The van der Waals surface area contributed by atoms with Crippen LogP contribution in [0.25, 0.3) is 0 Å². The zero-order valence-electron chi connectivity index (χ0n) is 14.8. The number of anilines is 1. The summed E-state index contributed by atoms with van der Waals surface area (Å²) in [5.41, 5.74) is 4.08. The molecule has 0 saturated heterocycles. The number of carbonyl (C=O) groups excluding carboxylic acids is 1. The highest BCUT2D eigenvalue weighted by atomic mass is 79.9. The molecule has 0 unspecified atom stereocenters. The van der Waals surface area contributed by atoms with Crippen molar-refractivity contribution in [3.05, 3.63) is 57.6 Å². The van der Waals surface area contributed by atoms with E-state index in [-0.39, 0.29) is 12.0 Å². The van der Waals surface area contributed by atoms with E-state index in [4.69, 9.17) is 4.74 Å². The Kier molecular flexibility index (Phi) is 5.45. The molecule has 1 aliphatic rings. The van der Waals surface area contributed by atoms with Gasteiger partial charge in [0.15, 0.2) is 0 Å². The molecule has 0 bridgehead atoms. The zero-order chi connectivity index (χ0) is 18.0. The van der Waals surface area contributed by atoms with E-state index in [9.17, 15) is 4.79 Å². The van der Waals surface area contributed by atoms with Crippen molar-refractivity contribution in [1.29, 1.82) is 0 Å². The minimum absolute atomic E-state index is 0.0876. The molecule has 132 valence electrons. The predicted molar refractivity (Wildman–Crippen MR) is 104 cm³/mol. The third-order valence-electron chi connectivity index (χ3n) is 4.22. The lowest BCUT2D eigenvalue weighted by Crippen LogP contribution is -2.26. The van der Waals surface area contributed by atoms with E-state index in [2.05, 4.69) is 45.3 Å². The summed E-state index contributed by atoms with van der Waals surface area (Å²) in [6.45, 7) is 5.95. The second-order valence-corrected chi connectivity index (χ2v) is 7.59. The first kappa shape index (κ1) is 18.0. The number of hydrogen-bond acceptors (Lipinski definition) is 3. The number of carbonyl (C=O) groups is 1. The maximum atomic E-state index is 12.5. The lowest BCUT2D eigenvalue weighted by molar-refractivity contribution is 0.102. The number of likely N-dealkylation sites (N-methyl/N-ethyl adjacent to an activating group) is 1. The Bertz CT molecular complexity index is 789. The van der Waals surface area contributed by atoms with E-state index in [0.717, 1.165) is 35.4 Å². The number of nitrogens with one attached hydrogen (secondary N) is 1. The monoisotopic (exact) mass is 402 g/mol. The molecule has 0 aliphatic carbocycles. The molecule has 2 aromatic carbocycles. The number of halogens is 1. The lowest BCUT2D eigenvalue weighted by Gasteiger charge is -2.25. The Hall–Kier alpha value is -1.85. The van der Waals surface area contributed by atoms with Crippen molar-refractivity contribution in [3.8, 4) is 5.75 Å². The average Bonchev–Trinajstić information content (AvgIpc) is 2.56. The van der Waals surface area contributed by atoms with Gasteiger partial charge >= 0.3 is 0 Å². The van der Waals surface area contributed by atoms with Crippen molar-refractivity contribution in [1.82, 2.24) is 4.90 Å². The third-order valence-corrected chi connectivity index (χ3v) is 4.84. The van der Waals surface area contributed by atoms with Gasteiger partial charge in [-0.3, -0.25) is 4.79 Å². The fraction of sp³-hybridized carbons (Fsp3) is 0.350. The quantitative estimate of drug-likeness (QED) is 0.819. The Balaban J connectivity index is 1.74. The molecular weight excluding hydrogens is 380 g/mol. The van der Waals surface area contributed by atoms with Crippen molar-refractivity contribution in [2.45, 2.75) is 32.9 Å². The highest BCUT2D eigenvalue weighted by Crippen LogP contribution is 2.28. The molecule has 0 saturated carbocycles. The van der Waals surface area contributed by atoms with Crippen LogP contribution >= 0.6 is 15.9 Å². The molecule has 0 aromatic heterocycles. The van der Waals surface area contributed by atoms with E-state index < -0.39 is 0 Å². The summed E-state index contributed by atoms with van der Waals surface area (Å²) < 4.78 is 6.47. The maximum Gasteiger partial charge on any atom is 0.255 e. The van der Waals surface area contributed by atoms with Crippen molar-refractivity contribution in [2.75, 3.05) is 18.9 Å². The summed E-state index contributed by atoms with van der Waals surface area (Å²) >= 11 is 3.47. The predicted octanol–water partition coefficient (Wildman–Crippen LogP) is 4.48. The van der Waals surface area contributed by atoms with Gasteiger partial charge in [-0.05, 0) is 84.7 Å². The van der Waals surface area contributed by atoms with Crippen LogP contribution in [-0.2, 0) is 13.0 Å². The number of ether oxygens (including phenoxy) is 1. The largest absolute Gasteiger partial charge is 0.490 e. The summed E-state index contributed by atoms with van der Waals surface area (Å²) in [4.78, 5) is 14.8. The first-order valence-corrected chi connectivity index (χ1v) is 9.29. The zero-order valence-corrected chi connectivity index (χ0v) is 16.4. The van der Waals surface area contributed by atoms with Crippen LogP contribution in [0, 0.1) is 0 Å². The van der Waals surface area contributed by atoms with Gasteiger partial charge in [-0.25, -0.2) is 0 Å². The molecule has 5 heteroatoms. The fourth-order valence-electron chi connectivity index (χ4n) is 2.97. The Morgan fingerprint density at radius 2 is 2.00 bits per heavy atom. The first-order chi connectivity index (χ1) is 11.9. The van der Waals surface area contributed by atoms with Crippen LogP contribution in [0.4, 0.5) is 5.69 Å². The van der Waals surface area contributed by atoms with Crippen molar-refractivity contribution < 1.29 is 9.53 Å². The van der Waals surface area contributed by atoms with Gasteiger partial charge in [-0.2, -0.15) is 0 Å². The number of benzene rings is 2. The van der Waals surface area contributed by atoms with Crippen LogP contribution in [0.3, 0.4) is 0 Å². The molecule has 1 heterocycles. The molecule has 1 aliphatic heterocycles. The van der Waals surface area contributed by atoms with Crippen LogP contribution < -0.4 is 10.1 Å². The average molecular weight is 403 g/mol. The van der Waals surface area contributed by atoms with Crippen LogP contribution in [0.15, 0.2) is 40.9 Å². The molecule has 3 rings (SSSR count). The van der Waals surface area contributed by atoms with Gasteiger partial charge in [-0.1, -0.05) is 6.07 Å². The summed E-state index contributed by atoms with van der Waals surface area (Å²) in [5.74, 6) is 0.615. The number of hydrogen-bond donors (Lipinski definition) is 1. The van der Waals surface area contributed by atoms with E-state index in [1.807, 2.05) is 26.0 Å². The summed E-state index contributed by atoms with van der Waals surface area (Å²) in [6, 6.07) is 11.6. The summed E-state index contributed by atoms with van der Waals surface area (Å²) in [6.07, 6.45) is 1.15. The molecular formula is C20H23BrN2O2. The maximum absolute atomic E-state index is 12.5. The van der Waals surface area contributed by atoms with Crippen molar-refractivity contribution in [3.63, 3.8) is 0 Å². The van der Waals surface area contributed by atoms with Crippen LogP contribution in [-0.4, -0.2) is 30.5 Å². The van der Waals surface area contributed by atoms with Gasteiger partial charge in [0, 0.05) is 24.3 Å². The Labute approximate surface area is 157 Å². The highest BCUT2D eigenvalue weighted by Gasteiger charge is 2.15. The van der Waals surface area contributed by atoms with Gasteiger partial charge in [0.05, 0.1) is 10.6 Å². The molecule has 2 aromatic rings. The van der Waals surface area contributed by atoms with E-state index in [1.54, 1.807) is 12.1 Å². The smallest absolute Gasteiger partial charge is 0.255 e. The van der Waals surface area contributed by atoms with Crippen LogP contribution in [0.5, 0.6) is 5.75 Å². The minimum Gasteiger partial charge on any atom is -0.490 e. The molecule has 0 radical (unpaired) electrons. The minimum atomic E-state index is -0.124. The Morgan fingerprint density at radius 1 is 1.20 bits per heavy atom. The summed E-state index contributed by atoms with van der Waals surface area (Å²) in [5, 5.41) is 2.99. The Morgan fingerprint density at radius 3 is 2.72 bits per heavy atom. The van der Waals surface area contributed by atoms with Crippen molar-refractivity contribution >= 4 is 27.5 Å². The molecule has 4 nitrogen and oxygen atoms in total. The summed E-state index contributed by atoms with van der Waals surface area (Å²) in [7, 11) is 2.12. The van der Waals surface area contributed by atoms with Gasteiger partial charge in [0.1, 0.15) is 5.75 Å². The molecule has 0 spiro atoms. The highest BCUT2D eigenvalue weighted by molar-refractivity contribution is 9.10. The fourth-order valence-corrected chi connectivity index (χ4v) is 3.44. The normalized spacial score (nSPS) is 14.3. The molecule has 0 fully saturated rings. The SMILES string of the molecule is CC(C)Oc1ccc(C(=O)Nc2ccc3c(c2)CN(C)CC3)cc1Br. The second-order valence-electron chi connectivity index (χ2n) is 6.74. The van der Waals surface area contributed by atoms with E-state index >= 15 is 0 Å². The number of fused-ring (bicyclic) bond motifs is 1. The van der Waals surface area contributed by atoms with Crippen LogP contribution in [0.1, 0.15) is 35.3 Å². The third kappa shape index (κ3) is 4.41. The molecule has 1 N–H and O–H groups in total. The standard InChI is InChI=1S/C20H23BrN2O2/c1-13(2)25-19-7-5-15(11-18(19)21)20(24)22-17-6-4-14-8-9-23(3)12-16(14)10-17/h4-7,10-11,13H,8-9,12H2,1-3H3,(H,22,24).